The second-order valence-electron chi connectivity index (χ2n) is 7.71. The number of thiazole rings is 1. The molecule has 1 aromatic rings. The average molecular weight is 378 g/mol. The summed E-state index contributed by atoms with van der Waals surface area (Å²) in [5.41, 5.74) is 2.42. The normalized spacial score (nSPS) is 23.3. The highest BCUT2D eigenvalue weighted by molar-refractivity contribution is 7.07. The second kappa shape index (κ2) is 7.34. The maximum atomic E-state index is 13.1. The van der Waals surface area contributed by atoms with Gasteiger partial charge in [0.2, 0.25) is 11.7 Å². The molecule has 2 atom stereocenters. The predicted molar refractivity (Wildman–Crippen MR) is 96.0 cm³/mol. The van der Waals surface area contributed by atoms with Crippen LogP contribution in [0.5, 0.6) is 0 Å². The van der Waals surface area contributed by atoms with E-state index >= 15 is 0 Å². The maximum absolute atomic E-state index is 13.1. The topological polar surface area (TPSA) is 79.8 Å². The number of likely N-dealkylation sites (tertiary alicyclic amines) is 2. The molecule has 0 aromatic carbocycles. The van der Waals surface area contributed by atoms with Crippen LogP contribution in [0.1, 0.15) is 56.9 Å². The minimum Gasteiger partial charge on any atom is -0.444 e. The molecule has 3 heterocycles. The Kier molecular flexibility index (Phi) is 5.32. The summed E-state index contributed by atoms with van der Waals surface area (Å²) in [7, 11) is 0. The van der Waals surface area contributed by atoms with Crippen molar-refractivity contribution in [2.24, 2.45) is 0 Å². The molecular weight excluding hydrogens is 354 g/mol. The zero-order valence-electron chi connectivity index (χ0n) is 15.4. The first kappa shape index (κ1) is 18.8. The van der Waals surface area contributed by atoms with E-state index in [2.05, 4.69) is 10.5 Å². The number of hydrogen-bond donors (Lipinski definition) is 0. The fourth-order valence-corrected chi connectivity index (χ4v) is 4.01. The molecule has 3 rings (SSSR count). The van der Waals surface area contributed by atoms with E-state index in [0.29, 0.717) is 31.6 Å². The van der Waals surface area contributed by atoms with Crippen molar-refractivity contribution >= 4 is 29.1 Å². The molecule has 0 saturated carbocycles. The van der Waals surface area contributed by atoms with E-state index in [0.717, 1.165) is 12.8 Å². The maximum Gasteiger partial charge on any atom is 0.410 e. The van der Waals surface area contributed by atoms with E-state index in [4.69, 9.17) is 4.74 Å². The number of carbonyl (C=O) groups is 3. The minimum atomic E-state index is -0.611. The summed E-state index contributed by atoms with van der Waals surface area (Å²) in [4.78, 5) is 45.3. The Balaban J connectivity index is 1.72. The van der Waals surface area contributed by atoms with Crippen molar-refractivity contribution in [1.29, 1.82) is 0 Å². The Hall–Kier alpha value is -1.96. The van der Waals surface area contributed by atoms with Gasteiger partial charge >= 0.3 is 6.09 Å². The third kappa shape index (κ3) is 3.90. The minimum absolute atomic E-state index is 0.143. The summed E-state index contributed by atoms with van der Waals surface area (Å²) in [5, 5.41) is 1.66. The SMILES string of the molecule is CC(C)(C)OC(=O)N1CCCC1C(=O)N1CCCC1C(=O)c1cs[c]n1. The van der Waals surface area contributed by atoms with E-state index in [-0.39, 0.29) is 11.7 Å². The van der Waals surface area contributed by atoms with Gasteiger partial charge < -0.3 is 9.64 Å². The molecule has 0 spiro atoms. The number of ketones is 1. The van der Waals surface area contributed by atoms with E-state index < -0.39 is 23.8 Å². The van der Waals surface area contributed by atoms with Crippen molar-refractivity contribution in [1.82, 2.24) is 14.8 Å². The fraction of sp³-hybridized carbons (Fsp3) is 0.667. The second-order valence-corrected chi connectivity index (χ2v) is 8.36. The first-order valence-corrected chi connectivity index (χ1v) is 9.82. The van der Waals surface area contributed by atoms with Crippen molar-refractivity contribution in [3.05, 3.63) is 16.6 Å². The van der Waals surface area contributed by atoms with E-state index in [1.807, 2.05) is 0 Å². The van der Waals surface area contributed by atoms with Crippen LogP contribution < -0.4 is 0 Å². The molecule has 1 radical (unpaired) electrons. The van der Waals surface area contributed by atoms with Gasteiger partial charge in [-0.25, -0.2) is 9.78 Å². The zero-order chi connectivity index (χ0) is 18.9. The molecule has 0 N–H and O–H groups in total. The Morgan fingerprint density at radius 3 is 2.42 bits per heavy atom. The van der Waals surface area contributed by atoms with Crippen molar-refractivity contribution in [2.75, 3.05) is 13.1 Å². The van der Waals surface area contributed by atoms with Gasteiger partial charge in [-0.3, -0.25) is 14.5 Å². The van der Waals surface area contributed by atoms with Gasteiger partial charge in [0.25, 0.3) is 0 Å². The van der Waals surface area contributed by atoms with E-state index in [9.17, 15) is 14.4 Å². The Bertz CT molecular complexity index is 683. The Labute approximate surface area is 157 Å². The number of aromatic nitrogens is 1. The van der Waals surface area contributed by atoms with Gasteiger partial charge in [-0.05, 0) is 46.5 Å². The van der Waals surface area contributed by atoms with Gasteiger partial charge in [-0.15, -0.1) is 11.3 Å². The summed E-state index contributed by atoms with van der Waals surface area (Å²) in [6, 6.07) is -1.06. The quantitative estimate of drug-likeness (QED) is 0.755. The van der Waals surface area contributed by atoms with Crippen LogP contribution in [0.15, 0.2) is 5.38 Å². The van der Waals surface area contributed by atoms with Crippen LogP contribution >= 0.6 is 11.3 Å². The third-order valence-electron chi connectivity index (χ3n) is 4.65. The largest absolute Gasteiger partial charge is 0.444 e. The van der Waals surface area contributed by atoms with Crippen LogP contribution in [-0.2, 0) is 9.53 Å². The Morgan fingerprint density at radius 1 is 1.15 bits per heavy atom. The number of ether oxygens (including phenoxy) is 1. The van der Waals surface area contributed by atoms with Gasteiger partial charge in [0.05, 0.1) is 6.04 Å². The average Bonchev–Trinajstić information content (AvgIpc) is 3.32. The molecule has 0 bridgehead atoms. The van der Waals surface area contributed by atoms with E-state index in [1.54, 1.807) is 31.1 Å². The number of amides is 2. The van der Waals surface area contributed by atoms with Gasteiger partial charge in [-0.1, -0.05) is 0 Å². The first-order valence-electron chi connectivity index (χ1n) is 8.94. The van der Waals surface area contributed by atoms with Crippen molar-refractivity contribution < 1.29 is 19.1 Å². The van der Waals surface area contributed by atoms with Crippen molar-refractivity contribution in [3.8, 4) is 0 Å². The summed E-state index contributed by atoms with van der Waals surface area (Å²) < 4.78 is 5.43. The zero-order valence-corrected chi connectivity index (χ0v) is 16.2. The Morgan fingerprint density at radius 2 is 1.81 bits per heavy atom. The van der Waals surface area contributed by atoms with E-state index in [1.165, 1.54) is 16.2 Å². The fourth-order valence-electron chi connectivity index (χ4n) is 3.52. The highest BCUT2D eigenvalue weighted by atomic mass is 32.1. The van der Waals surface area contributed by atoms with Crippen molar-refractivity contribution in [3.63, 3.8) is 0 Å². The molecule has 1 aromatic heterocycles. The molecule has 2 unspecified atom stereocenters. The number of Topliss-reactive ketones (excluding diaryl/α,β-unsaturated/α-hetero) is 1. The molecule has 8 heteroatoms. The summed E-state index contributed by atoms with van der Waals surface area (Å²) in [5.74, 6) is -0.307. The van der Waals surface area contributed by atoms with Gasteiger partial charge in [-0.2, -0.15) is 0 Å². The molecule has 2 amide bonds. The molecule has 141 valence electrons. The van der Waals surface area contributed by atoms with Crippen LogP contribution in [0.3, 0.4) is 0 Å². The molecule has 2 fully saturated rings. The number of carbonyl (C=O) groups excluding carboxylic acids is 3. The molecule has 26 heavy (non-hydrogen) atoms. The summed E-state index contributed by atoms with van der Waals surface area (Å²) >= 11 is 1.24. The predicted octanol–water partition coefficient (Wildman–Crippen LogP) is 2.52. The molecule has 2 aliphatic heterocycles. The van der Waals surface area contributed by atoms with Crippen LogP contribution in [0.4, 0.5) is 4.79 Å². The van der Waals surface area contributed by atoms with Crippen LogP contribution in [0.25, 0.3) is 0 Å². The molecule has 2 aliphatic rings. The van der Waals surface area contributed by atoms with Crippen molar-refractivity contribution in [2.45, 2.75) is 64.1 Å². The van der Waals surface area contributed by atoms with Crippen LogP contribution in [0, 0.1) is 5.51 Å². The van der Waals surface area contributed by atoms with Crippen LogP contribution in [0.2, 0.25) is 0 Å². The van der Waals surface area contributed by atoms with Crippen LogP contribution in [-0.4, -0.2) is 63.3 Å². The molecule has 0 aliphatic carbocycles. The first-order chi connectivity index (χ1) is 12.3. The van der Waals surface area contributed by atoms with Gasteiger partial charge in [0.15, 0.2) is 5.51 Å². The number of nitrogens with zero attached hydrogens (tertiary/aromatic N) is 3. The lowest BCUT2D eigenvalue weighted by molar-refractivity contribution is -0.136. The highest BCUT2D eigenvalue weighted by Gasteiger charge is 2.43. The monoisotopic (exact) mass is 378 g/mol. The lowest BCUT2D eigenvalue weighted by atomic mass is 10.1. The van der Waals surface area contributed by atoms with Gasteiger partial charge in [0.1, 0.15) is 17.3 Å². The van der Waals surface area contributed by atoms with Gasteiger partial charge in [0, 0.05) is 18.5 Å². The lowest BCUT2D eigenvalue weighted by Crippen LogP contribution is -2.51. The highest BCUT2D eigenvalue weighted by Crippen LogP contribution is 2.27. The molecule has 7 nitrogen and oxygen atoms in total. The summed E-state index contributed by atoms with van der Waals surface area (Å²) in [6.45, 7) is 6.44. The lowest BCUT2D eigenvalue weighted by Gasteiger charge is -2.32. The summed E-state index contributed by atoms with van der Waals surface area (Å²) in [6.07, 6.45) is 2.28. The molecular formula is C18H24N3O4S. The number of hydrogen-bond acceptors (Lipinski definition) is 6. The standard InChI is InChI=1S/C18H24N3O4S/c1-18(2,3)25-17(24)21-9-5-7-14(21)16(23)20-8-4-6-13(20)15(22)12-10-26-11-19-12/h10,13-14H,4-9H2,1-3H3. The number of rotatable bonds is 3. The third-order valence-corrected chi connectivity index (χ3v) is 5.18. The smallest absolute Gasteiger partial charge is 0.410 e. The molecule has 2 saturated heterocycles.